The molecule has 9 aromatic heterocycles. The molecule has 0 saturated carbocycles. The van der Waals surface area contributed by atoms with Crippen LogP contribution in [0.2, 0.25) is 0 Å². The summed E-state index contributed by atoms with van der Waals surface area (Å²) in [4.78, 5) is 204. The normalized spacial score (nSPS) is 21.0. The van der Waals surface area contributed by atoms with Crippen LogP contribution in [-0.2, 0) is 90.9 Å². The van der Waals surface area contributed by atoms with Crippen LogP contribution in [0.25, 0.3) is 43.3 Å². The van der Waals surface area contributed by atoms with E-state index in [9.17, 15) is 80.3 Å². The van der Waals surface area contributed by atoms with E-state index in [1.807, 2.05) is 24.3 Å². The number of hydrogen-bond donors (Lipinski definition) is 11. The number of benzene rings is 5. The molecule has 143 heavy (non-hydrogen) atoms. The number of methoxy groups -OCH3 is 5. The summed E-state index contributed by atoms with van der Waals surface area (Å²) in [7, 11) is 7.69. The number of carbonyl (C=O) groups is 14. The van der Waals surface area contributed by atoms with Crippen LogP contribution >= 0.6 is 11.3 Å². The molecule has 24 rings (SSSR count). The highest BCUT2D eigenvalue weighted by Crippen LogP contribution is 2.44. The number of nitrogens with one attached hydrogen (secondary N) is 11. The lowest BCUT2D eigenvalue weighted by Crippen LogP contribution is -2.52. The Morgan fingerprint density at radius 1 is 0.371 bits per heavy atom. The second kappa shape index (κ2) is 35.9. The van der Waals surface area contributed by atoms with Crippen LogP contribution in [0.3, 0.4) is 0 Å². The standard InChI is InChI=1S/3C20H15FN4O5.C19H15N5O4S.C16H17N5O3/c1-29-12-3-2-10-8-25(17(26)13(10)5-12)9-20(18(27)23-19(28)24-20)16-6-14-15(30-16)4-11(21)7-22-14;1-29-12-3-2-10-8-25(17(26)13(10)5-12)9-20(18(27)23-19(28)24-20)15-4-11-6-22-7-14(21)16(11)30-15;1-29-11-3-2-10-8-25(17(26)12(10)4-11)9-20(18(27)23-19(28)24-20)16-5-13-14(21)6-22-7-15(13)30-16;1-28-12-3-2-10-7-24(16(25)13(10)5-12)8-19(17(26)22-18(27)23-19)14-4-11-6-20-9-21-15(11)29-14;1-24-12-3-2-10-7-21(8-11(10)6-12)9-16(13-4-5-17-20-13)14(22)18-15(23)19-16/h3*2-7H,8-9H2,1H3,(H2,23,24,27,28);2-6,9H,7-8H2,1H3,(H2,22,23,26,27);2-6H,7-9H2,1H3,(H,17,20)(H2,18,19,22,23)/t3*20-;19-;16-/m00000/s1. The predicted molar refractivity (Wildman–Crippen MR) is 488 cm³/mol. The second-order valence-corrected chi connectivity index (χ2v) is 35.4. The van der Waals surface area contributed by atoms with Crippen molar-refractivity contribution in [1.29, 1.82) is 0 Å². The van der Waals surface area contributed by atoms with Gasteiger partial charge in [-0.25, -0.2) is 52.1 Å². The minimum Gasteiger partial charge on any atom is -0.497 e. The molecule has 0 unspecified atom stereocenters. The Morgan fingerprint density at radius 2 is 0.783 bits per heavy atom. The van der Waals surface area contributed by atoms with Crippen molar-refractivity contribution in [3.63, 3.8) is 0 Å². The van der Waals surface area contributed by atoms with Gasteiger partial charge in [0.05, 0.1) is 97.6 Å². The molecule has 5 saturated heterocycles. The summed E-state index contributed by atoms with van der Waals surface area (Å²) >= 11 is 1.29. The molecule has 10 aliphatic rings. The molecule has 11 N–H and O–H groups in total. The number of imide groups is 5. The smallest absolute Gasteiger partial charge is 0.322 e. The Balaban J connectivity index is 0.000000109. The van der Waals surface area contributed by atoms with E-state index in [0.29, 0.717) is 97.7 Å². The van der Waals surface area contributed by atoms with Gasteiger partial charge >= 0.3 is 30.2 Å². The first kappa shape index (κ1) is 92.5. The predicted octanol–water partition coefficient (Wildman–Crippen LogP) is 6.86. The zero-order valence-electron chi connectivity index (χ0n) is 75.5. The van der Waals surface area contributed by atoms with Gasteiger partial charge < -0.3 is 83.1 Å². The molecule has 5 atom stereocenters. The first-order valence-electron chi connectivity index (χ1n) is 43.6. The van der Waals surface area contributed by atoms with Crippen molar-refractivity contribution in [1.82, 2.24) is 113 Å². The maximum Gasteiger partial charge on any atom is 0.322 e. The molecule has 726 valence electrons. The van der Waals surface area contributed by atoms with Gasteiger partial charge in [0.2, 0.25) is 0 Å². The molecule has 0 radical (unpaired) electrons. The average molecular weight is 1970 g/mol. The molecule has 44 nitrogen and oxygen atoms in total. The molecule has 19 heterocycles. The zero-order chi connectivity index (χ0) is 100. The van der Waals surface area contributed by atoms with Crippen molar-refractivity contribution >= 4 is 138 Å². The van der Waals surface area contributed by atoms with Gasteiger partial charge in [-0.1, -0.05) is 30.3 Å². The maximum atomic E-state index is 14.1. The third-order valence-electron chi connectivity index (χ3n) is 25.8. The van der Waals surface area contributed by atoms with Crippen LogP contribution in [0.4, 0.5) is 37.1 Å². The minimum absolute atomic E-state index is 0.000647. The van der Waals surface area contributed by atoms with E-state index in [-0.39, 0.29) is 115 Å². The molecule has 0 aliphatic carbocycles. The molecule has 0 bridgehead atoms. The number of urea groups is 5. The van der Waals surface area contributed by atoms with Gasteiger partial charge in [0, 0.05) is 114 Å². The Morgan fingerprint density at radius 3 is 1.22 bits per heavy atom. The zero-order valence-corrected chi connectivity index (χ0v) is 76.3. The van der Waals surface area contributed by atoms with Crippen molar-refractivity contribution < 1.29 is 117 Å². The molecule has 0 spiro atoms. The topological polar surface area (TPSA) is 554 Å². The fraction of sp³-hybridized carbons (Fsp3) is 0.221. The number of aromatic amines is 1. The Labute approximate surface area is 806 Å². The number of H-pyrrole nitrogens is 1. The second-order valence-electron chi connectivity index (χ2n) is 34.4. The molecule has 14 aromatic rings. The fourth-order valence-electron chi connectivity index (χ4n) is 18.7. The van der Waals surface area contributed by atoms with E-state index in [0.717, 1.165) is 58.0 Å². The Kier molecular flexibility index (Phi) is 23.2. The summed E-state index contributed by atoms with van der Waals surface area (Å²) in [5.74, 6) is -2.94. The molecule has 19 amide bonds. The van der Waals surface area contributed by atoms with Crippen LogP contribution < -0.4 is 76.9 Å². The molecule has 5 aromatic carbocycles. The first-order chi connectivity index (χ1) is 68.8. The number of rotatable bonds is 20. The highest BCUT2D eigenvalue weighted by molar-refractivity contribution is 7.18. The number of aromatic nitrogens is 7. The Hall–Kier alpha value is -18.2. The number of hydrogen-bond acceptors (Lipinski definition) is 30. The molecule has 5 fully saturated rings. The molecule has 10 aliphatic heterocycles. The van der Waals surface area contributed by atoms with Gasteiger partial charge in [-0.3, -0.25) is 89.7 Å². The quantitative estimate of drug-likeness (QED) is 0.0347. The summed E-state index contributed by atoms with van der Waals surface area (Å²) in [6, 6.07) is 32.3. The van der Waals surface area contributed by atoms with Crippen molar-refractivity contribution in [2.45, 2.75) is 67.0 Å². The van der Waals surface area contributed by atoms with E-state index >= 15 is 0 Å². The van der Waals surface area contributed by atoms with Gasteiger partial charge in [-0.05, 0) is 118 Å². The van der Waals surface area contributed by atoms with Crippen molar-refractivity contribution in [3.8, 4) is 28.7 Å². The van der Waals surface area contributed by atoms with Gasteiger partial charge in [-0.15, -0.1) is 11.3 Å². The van der Waals surface area contributed by atoms with Gasteiger partial charge in [0.25, 0.3) is 53.2 Å². The van der Waals surface area contributed by atoms with E-state index in [4.69, 9.17) is 36.9 Å². The number of carbonyl (C=O) groups excluding carboxylic acids is 14. The molecular weight excluding hydrogens is 1890 g/mol. The number of nitrogens with zero attached hydrogens (tertiary/aromatic N) is 11. The number of thiophene rings is 1. The average Bonchev–Trinajstić information content (AvgIpc) is 1.58. The van der Waals surface area contributed by atoms with Crippen LogP contribution in [0, 0.1) is 17.5 Å². The highest BCUT2D eigenvalue weighted by Gasteiger charge is 2.58. The lowest BCUT2D eigenvalue weighted by atomic mass is 9.94. The summed E-state index contributed by atoms with van der Waals surface area (Å²) in [6.45, 7) is 2.23. The van der Waals surface area contributed by atoms with Crippen LogP contribution in [0.1, 0.15) is 103 Å². The van der Waals surface area contributed by atoms with E-state index in [1.165, 1.54) is 103 Å². The van der Waals surface area contributed by atoms with Crippen molar-refractivity contribution in [3.05, 3.63) is 278 Å². The number of furan rings is 3. The molecule has 48 heteroatoms. The van der Waals surface area contributed by atoms with Gasteiger partial charge in [0.15, 0.2) is 56.1 Å². The third-order valence-corrected chi connectivity index (χ3v) is 27.0. The summed E-state index contributed by atoms with van der Waals surface area (Å²) in [5, 5.41) is 32.3. The summed E-state index contributed by atoms with van der Waals surface area (Å²) in [6.07, 6.45) is 10.4. The third kappa shape index (κ3) is 16.5. The number of amides is 19. The Bertz CT molecular complexity index is 7560. The van der Waals surface area contributed by atoms with Crippen LogP contribution in [0.15, 0.2) is 190 Å². The highest BCUT2D eigenvalue weighted by atomic mass is 32.1. The number of fused-ring (bicyclic) bond motifs is 9. The van der Waals surface area contributed by atoms with E-state index in [1.54, 1.807) is 103 Å². The number of ether oxygens (including phenoxy) is 5. The molecular formula is C95H77F3N22O22S. The van der Waals surface area contributed by atoms with Gasteiger partial charge in [0.1, 0.15) is 68.5 Å². The van der Waals surface area contributed by atoms with Crippen molar-refractivity contribution in [2.24, 2.45) is 0 Å². The monoisotopic (exact) mass is 1970 g/mol. The largest absolute Gasteiger partial charge is 0.497 e. The SMILES string of the molecule is COc1ccc2c(c1)C(=O)N(C[C@@]1(c3cc4c(F)cncc4o3)NC(=O)NC1=O)C2.COc1ccc2c(c1)C(=O)N(C[C@@]1(c3cc4cncc(F)c4o3)NC(=O)NC1=O)C2.COc1ccc2c(c1)C(=O)N(C[C@@]1(c3cc4cncnc4s3)NC(=O)NC1=O)C2.COc1ccc2c(c1)C(=O)N(C[C@@]1(c3cc4ncc(F)cc4o3)NC(=O)NC1=O)C2.COc1ccc2c(c1)CN(C[C@@]1(c3ccn[nH]3)NC(=O)NC1=O)C2. The lowest BCUT2D eigenvalue weighted by Gasteiger charge is -2.29. The number of pyridine rings is 3. The number of halogens is 3. The van der Waals surface area contributed by atoms with Crippen molar-refractivity contribution in [2.75, 3.05) is 68.3 Å². The van der Waals surface area contributed by atoms with Crippen LogP contribution in [-0.4, -0.2) is 211 Å². The fourth-order valence-corrected chi connectivity index (χ4v) is 19.8. The lowest BCUT2D eigenvalue weighted by molar-refractivity contribution is -0.126. The van der Waals surface area contributed by atoms with E-state index in [2.05, 4.69) is 93.2 Å². The minimum atomic E-state index is -1.70. The van der Waals surface area contributed by atoms with Gasteiger partial charge in [-0.2, -0.15) is 5.10 Å². The van der Waals surface area contributed by atoms with E-state index < -0.39 is 98.9 Å². The summed E-state index contributed by atoms with van der Waals surface area (Å²) < 4.78 is 84.7. The van der Waals surface area contributed by atoms with Crippen LogP contribution in [0.5, 0.6) is 28.7 Å². The summed E-state index contributed by atoms with van der Waals surface area (Å²) in [5.41, 5.74) is 0.839. The maximum absolute atomic E-state index is 14.1. The first-order valence-corrected chi connectivity index (χ1v) is 44.4.